The standard InChI is InChI=1S/C20H16N2O3/c23-18(22-15-9-5-2-6-10-15)12-11-16-17(13-21-19(16)20(24)25)14-7-3-1-4-8-14/h1-13,21H,(H,22,23)(H,24,25)/b12-11+. The summed E-state index contributed by atoms with van der Waals surface area (Å²) in [5.41, 5.74) is 2.77. The van der Waals surface area contributed by atoms with Gasteiger partial charge in [-0.05, 0) is 23.8 Å². The third kappa shape index (κ3) is 3.84. The number of hydrogen-bond acceptors (Lipinski definition) is 2. The molecule has 3 N–H and O–H groups in total. The van der Waals surface area contributed by atoms with E-state index in [4.69, 9.17) is 0 Å². The molecule has 5 heteroatoms. The molecule has 0 spiro atoms. The molecule has 0 radical (unpaired) electrons. The first-order valence-electron chi connectivity index (χ1n) is 7.69. The van der Waals surface area contributed by atoms with Gasteiger partial charge in [0.2, 0.25) is 5.91 Å². The van der Waals surface area contributed by atoms with E-state index in [0.717, 1.165) is 11.1 Å². The van der Waals surface area contributed by atoms with Crippen molar-refractivity contribution in [3.05, 3.63) is 84.2 Å². The molecule has 0 aliphatic rings. The molecule has 0 unspecified atom stereocenters. The minimum absolute atomic E-state index is 0.0441. The molecule has 5 nitrogen and oxygen atoms in total. The Morgan fingerprint density at radius 2 is 1.60 bits per heavy atom. The number of aromatic nitrogens is 1. The van der Waals surface area contributed by atoms with Gasteiger partial charge in [0.05, 0.1) is 0 Å². The molecule has 2 aromatic carbocycles. The van der Waals surface area contributed by atoms with Crippen LogP contribution in [0, 0.1) is 0 Å². The van der Waals surface area contributed by atoms with E-state index in [1.807, 2.05) is 48.5 Å². The second-order valence-electron chi connectivity index (χ2n) is 5.35. The SMILES string of the molecule is O=C(/C=C/c1c(-c2ccccc2)c[nH]c1C(=O)O)Nc1ccccc1. The Labute approximate surface area is 144 Å². The molecule has 1 amide bonds. The van der Waals surface area contributed by atoms with E-state index in [-0.39, 0.29) is 11.6 Å². The van der Waals surface area contributed by atoms with Crippen molar-refractivity contribution in [3.8, 4) is 11.1 Å². The Kier molecular flexibility index (Phi) is 4.76. The summed E-state index contributed by atoms with van der Waals surface area (Å²) in [6, 6.07) is 18.5. The predicted octanol–water partition coefficient (Wildman–Crippen LogP) is 4.03. The quantitative estimate of drug-likeness (QED) is 0.617. The van der Waals surface area contributed by atoms with Gasteiger partial charge in [-0.3, -0.25) is 4.79 Å². The Balaban J connectivity index is 1.89. The van der Waals surface area contributed by atoms with Crippen molar-refractivity contribution in [1.82, 2.24) is 4.98 Å². The van der Waals surface area contributed by atoms with Gasteiger partial charge in [0.1, 0.15) is 5.69 Å². The molecule has 0 bridgehead atoms. The van der Waals surface area contributed by atoms with Crippen LogP contribution >= 0.6 is 0 Å². The van der Waals surface area contributed by atoms with Crippen LogP contribution in [-0.2, 0) is 4.79 Å². The first-order valence-corrected chi connectivity index (χ1v) is 7.69. The summed E-state index contributed by atoms with van der Waals surface area (Å²) in [7, 11) is 0. The summed E-state index contributed by atoms with van der Waals surface area (Å²) in [5.74, 6) is -1.41. The minimum atomic E-state index is -1.08. The van der Waals surface area contributed by atoms with Gasteiger partial charge in [0.25, 0.3) is 0 Å². The molecular weight excluding hydrogens is 316 g/mol. The van der Waals surface area contributed by atoms with Gasteiger partial charge in [-0.1, -0.05) is 48.5 Å². The first-order chi connectivity index (χ1) is 12.1. The van der Waals surface area contributed by atoms with Gasteiger partial charge in [-0.15, -0.1) is 0 Å². The van der Waals surface area contributed by atoms with Crippen molar-refractivity contribution < 1.29 is 14.7 Å². The third-order valence-electron chi connectivity index (χ3n) is 3.66. The number of hydrogen-bond donors (Lipinski definition) is 3. The maximum atomic E-state index is 12.1. The zero-order valence-electron chi connectivity index (χ0n) is 13.3. The Morgan fingerprint density at radius 3 is 2.24 bits per heavy atom. The van der Waals surface area contributed by atoms with Crippen molar-refractivity contribution in [2.24, 2.45) is 0 Å². The summed E-state index contributed by atoms with van der Waals surface area (Å²) in [6.07, 6.45) is 4.48. The molecule has 25 heavy (non-hydrogen) atoms. The van der Waals surface area contributed by atoms with Crippen LogP contribution < -0.4 is 5.32 Å². The van der Waals surface area contributed by atoms with E-state index in [1.165, 1.54) is 12.2 Å². The van der Waals surface area contributed by atoms with Gasteiger partial charge >= 0.3 is 5.97 Å². The number of H-pyrrole nitrogens is 1. The molecule has 0 aliphatic carbocycles. The largest absolute Gasteiger partial charge is 0.477 e. The molecule has 0 saturated carbocycles. The molecule has 0 fully saturated rings. The molecular formula is C20H16N2O3. The van der Waals surface area contributed by atoms with Crippen LogP contribution in [0.3, 0.4) is 0 Å². The Morgan fingerprint density at radius 1 is 0.960 bits per heavy atom. The average molecular weight is 332 g/mol. The molecule has 3 rings (SSSR count). The lowest BCUT2D eigenvalue weighted by Gasteiger charge is -2.03. The van der Waals surface area contributed by atoms with Crippen molar-refractivity contribution in [2.75, 3.05) is 5.32 Å². The van der Waals surface area contributed by atoms with Gasteiger partial charge in [0.15, 0.2) is 0 Å². The van der Waals surface area contributed by atoms with Crippen LogP contribution in [-0.4, -0.2) is 22.0 Å². The number of benzene rings is 2. The van der Waals surface area contributed by atoms with Crippen molar-refractivity contribution in [2.45, 2.75) is 0 Å². The van der Waals surface area contributed by atoms with Crippen LogP contribution in [0.15, 0.2) is 72.9 Å². The Hall–Kier alpha value is -3.60. The van der Waals surface area contributed by atoms with E-state index >= 15 is 0 Å². The lowest BCUT2D eigenvalue weighted by Crippen LogP contribution is -2.07. The van der Waals surface area contributed by atoms with Crippen LogP contribution in [0.1, 0.15) is 16.1 Å². The topological polar surface area (TPSA) is 82.2 Å². The lowest BCUT2D eigenvalue weighted by molar-refractivity contribution is -0.111. The summed E-state index contributed by atoms with van der Waals surface area (Å²) >= 11 is 0. The number of aromatic amines is 1. The van der Waals surface area contributed by atoms with Crippen molar-refractivity contribution >= 4 is 23.6 Å². The van der Waals surface area contributed by atoms with Crippen LogP contribution in [0.4, 0.5) is 5.69 Å². The summed E-state index contributed by atoms with van der Waals surface area (Å²) < 4.78 is 0. The van der Waals surface area contributed by atoms with Crippen LogP contribution in [0.25, 0.3) is 17.2 Å². The molecule has 0 saturated heterocycles. The van der Waals surface area contributed by atoms with Gasteiger partial charge in [0, 0.05) is 29.1 Å². The highest BCUT2D eigenvalue weighted by Gasteiger charge is 2.16. The maximum absolute atomic E-state index is 12.1. The summed E-state index contributed by atoms with van der Waals surface area (Å²) in [6.45, 7) is 0. The molecule has 0 aliphatic heterocycles. The summed E-state index contributed by atoms with van der Waals surface area (Å²) in [4.78, 5) is 26.3. The second-order valence-corrected chi connectivity index (χ2v) is 5.35. The third-order valence-corrected chi connectivity index (χ3v) is 3.66. The average Bonchev–Trinajstić information content (AvgIpc) is 3.06. The van der Waals surface area contributed by atoms with E-state index in [1.54, 1.807) is 18.3 Å². The van der Waals surface area contributed by atoms with Crippen LogP contribution in [0.2, 0.25) is 0 Å². The number of carbonyl (C=O) groups excluding carboxylic acids is 1. The van der Waals surface area contributed by atoms with E-state index in [9.17, 15) is 14.7 Å². The monoisotopic (exact) mass is 332 g/mol. The van der Waals surface area contributed by atoms with Gasteiger partial charge in [-0.25, -0.2) is 4.79 Å². The maximum Gasteiger partial charge on any atom is 0.352 e. The number of aromatic carboxylic acids is 1. The predicted molar refractivity (Wildman–Crippen MR) is 97.3 cm³/mol. The fourth-order valence-electron chi connectivity index (χ4n) is 2.51. The number of carboxylic acid groups (broad SMARTS) is 1. The highest BCUT2D eigenvalue weighted by molar-refractivity contribution is 6.04. The fraction of sp³-hybridized carbons (Fsp3) is 0. The number of anilines is 1. The highest BCUT2D eigenvalue weighted by Crippen LogP contribution is 2.27. The number of nitrogens with one attached hydrogen (secondary N) is 2. The summed E-state index contributed by atoms with van der Waals surface area (Å²) in [5, 5.41) is 12.1. The van der Waals surface area contributed by atoms with E-state index in [0.29, 0.717) is 11.3 Å². The highest BCUT2D eigenvalue weighted by atomic mass is 16.4. The molecule has 124 valence electrons. The number of rotatable bonds is 5. The van der Waals surface area contributed by atoms with Crippen LogP contribution in [0.5, 0.6) is 0 Å². The normalized spacial score (nSPS) is 10.7. The lowest BCUT2D eigenvalue weighted by atomic mass is 10.0. The fourth-order valence-corrected chi connectivity index (χ4v) is 2.51. The molecule has 0 atom stereocenters. The van der Waals surface area contributed by atoms with E-state index < -0.39 is 5.97 Å². The van der Waals surface area contributed by atoms with Gasteiger partial charge < -0.3 is 15.4 Å². The number of para-hydroxylation sites is 1. The smallest absolute Gasteiger partial charge is 0.352 e. The number of amides is 1. The van der Waals surface area contributed by atoms with Crippen molar-refractivity contribution in [1.29, 1.82) is 0 Å². The number of carbonyl (C=O) groups is 2. The zero-order valence-corrected chi connectivity index (χ0v) is 13.3. The van der Waals surface area contributed by atoms with Gasteiger partial charge in [-0.2, -0.15) is 0 Å². The Bertz CT molecular complexity index is 913. The van der Waals surface area contributed by atoms with Crippen molar-refractivity contribution in [3.63, 3.8) is 0 Å². The first kappa shape index (κ1) is 16.3. The zero-order chi connectivity index (χ0) is 17.6. The molecule has 1 aromatic heterocycles. The van der Waals surface area contributed by atoms with E-state index in [2.05, 4.69) is 10.3 Å². The molecule has 1 heterocycles. The number of carboxylic acids is 1. The molecule has 3 aromatic rings. The second kappa shape index (κ2) is 7.31. The minimum Gasteiger partial charge on any atom is -0.477 e.